The Kier molecular flexibility index (Phi) is 7.22. The van der Waals surface area contributed by atoms with E-state index in [0.717, 1.165) is 100 Å². The highest BCUT2D eigenvalue weighted by Crippen LogP contribution is 2.30. The van der Waals surface area contributed by atoms with Gasteiger partial charge in [0.2, 0.25) is 5.95 Å². The third kappa shape index (κ3) is 5.23. The molecular weight excluding hydrogens is 478 g/mol. The van der Waals surface area contributed by atoms with Crippen molar-refractivity contribution in [1.29, 1.82) is 5.26 Å². The van der Waals surface area contributed by atoms with Crippen molar-refractivity contribution in [2.24, 2.45) is 0 Å². The molecule has 1 N–H and O–H groups in total. The number of rotatable bonds is 5. The first-order chi connectivity index (χ1) is 18.7. The molecule has 3 fully saturated rings. The highest BCUT2D eigenvalue weighted by atomic mass is 16.5. The maximum atomic E-state index is 9.52. The Morgan fingerprint density at radius 3 is 2.50 bits per heavy atom. The highest BCUT2D eigenvalue weighted by molar-refractivity contribution is 5.95. The molecule has 0 amide bonds. The van der Waals surface area contributed by atoms with Crippen LogP contribution in [0.4, 0.5) is 17.3 Å². The third-order valence-corrected chi connectivity index (χ3v) is 7.76. The fourth-order valence-electron chi connectivity index (χ4n) is 5.85. The van der Waals surface area contributed by atoms with Crippen LogP contribution in [0.15, 0.2) is 42.9 Å². The molecule has 3 aromatic rings. The van der Waals surface area contributed by atoms with Crippen LogP contribution in [0, 0.1) is 11.3 Å². The molecule has 3 aliphatic heterocycles. The van der Waals surface area contributed by atoms with E-state index in [0.29, 0.717) is 5.56 Å². The topological polar surface area (TPSA) is 96.7 Å². The lowest BCUT2D eigenvalue weighted by Crippen LogP contribution is -2.54. The zero-order valence-electron chi connectivity index (χ0n) is 22.0. The first-order valence-corrected chi connectivity index (χ1v) is 13.6. The number of morpholine rings is 1. The summed E-state index contributed by atoms with van der Waals surface area (Å²) in [4.78, 5) is 23.4. The molecule has 38 heavy (non-hydrogen) atoms. The van der Waals surface area contributed by atoms with E-state index in [-0.39, 0.29) is 12.2 Å². The Balaban J connectivity index is 1.07. The average Bonchev–Trinajstić information content (AvgIpc) is 2.97. The molecule has 6 rings (SSSR count). The maximum absolute atomic E-state index is 9.52. The maximum Gasteiger partial charge on any atom is 0.225 e. The molecule has 0 spiro atoms. The van der Waals surface area contributed by atoms with E-state index in [1.54, 1.807) is 6.20 Å². The lowest BCUT2D eigenvalue weighted by molar-refractivity contribution is -0.0327. The molecule has 1 aromatic carbocycles. The van der Waals surface area contributed by atoms with Crippen molar-refractivity contribution in [3.8, 4) is 6.07 Å². The van der Waals surface area contributed by atoms with Gasteiger partial charge in [-0.3, -0.25) is 9.88 Å². The number of hydrogen-bond acceptors (Lipinski definition) is 10. The van der Waals surface area contributed by atoms with Crippen LogP contribution >= 0.6 is 0 Å². The number of hydrogen-bond donors (Lipinski definition) is 1. The average molecular weight is 514 g/mol. The smallest absolute Gasteiger partial charge is 0.225 e. The highest BCUT2D eigenvalue weighted by Gasteiger charge is 2.30. The van der Waals surface area contributed by atoms with Crippen LogP contribution in [0.25, 0.3) is 10.9 Å². The summed E-state index contributed by atoms with van der Waals surface area (Å²) in [5, 5.41) is 13.9. The summed E-state index contributed by atoms with van der Waals surface area (Å²) in [6, 6.07) is 10.2. The number of pyridine rings is 1. The molecule has 0 unspecified atom stereocenters. The van der Waals surface area contributed by atoms with E-state index in [1.165, 1.54) is 0 Å². The largest absolute Gasteiger partial charge is 0.370 e. The first-order valence-electron chi connectivity index (χ1n) is 13.6. The van der Waals surface area contributed by atoms with Crippen LogP contribution in [0.2, 0.25) is 0 Å². The van der Waals surface area contributed by atoms with Crippen molar-refractivity contribution in [2.45, 2.75) is 19.1 Å². The van der Waals surface area contributed by atoms with Crippen LogP contribution < -0.4 is 20.0 Å². The molecule has 2 aromatic heterocycles. The number of nitriles is 1. The standard InChI is InChI=1S/C28H35N9O/c1-21-18-37(26-5-4-22(15-29)27-25(26)3-2-6-31-27)20-24(38-21)19-34-11-13-36(14-12-34)28-32-16-23(17-33-28)35-9-7-30-8-10-35/h2-6,16-17,21,24,30H,7-14,18-20H2,1H3/t21-,24+/m1/s1. The number of nitrogens with one attached hydrogen (secondary N) is 1. The summed E-state index contributed by atoms with van der Waals surface area (Å²) in [7, 11) is 0. The lowest BCUT2D eigenvalue weighted by Gasteiger charge is -2.42. The summed E-state index contributed by atoms with van der Waals surface area (Å²) in [6.45, 7) is 12.4. The number of nitrogens with zero attached hydrogens (tertiary/aromatic N) is 8. The minimum atomic E-state index is 0.113. The van der Waals surface area contributed by atoms with Crippen LogP contribution in [0.5, 0.6) is 0 Å². The summed E-state index contributed by atoms with van der Waals surface area (Å²) >= 11 is 0. The van der Waals surface area contributed by atoms with Gasteiger partial charge in [0, 0.05) is 89.3 Å². The Morgan fingerprint density at radius 1 is 0.947 bits per heavy atom. The summed E-state index contributed by atoms with van der Waals surface area (Å²) in [6.07, 6.45) is 5.92. The Labute approximate surface area is 223 Å². The Bertz CT molecular complexity index is 1280. The molecule has 5 heterocycles. The van der Waals surface area contributed by atoms with Crippen LogP contribution in [-0.2, 0) is 4.74 Å². The second-order valence-electron chi connectivity index (χ2n) is 10.4. The van der Waals surface area contributed by atoms with Gasteiger partial charge in [-0.15, -0.1) is 0 Å². The predicted molar refractivity (Wildman–Crippen MR) is 149 cm³/mol. The van der Waals surface area contributed by atoms with Crippen molar-refractivity contribution in [3.63, 3.8) is 0 Å². The molecule has 198 valence electrons. The van der Waals surface area contributed by atoms with Gasteiger partial charge >= 0.3 is 0 Å². The van der Waals surface area contributed by atoms with Crippen molar-refractivity contribution >= 4 is 28.2 Å². The summed E-state index contributed by atoms with van der Waals surface area (Å²) < 4.78 is 6.38. The molecule has 0 bridgehead atoms. The fourth-order valence-corrected chi connectivity index (χ4v) is 5.85. The Morgan fingerprint density at radius 2 is 1.74 bits per heavy atom. The summed E-state index contributed by atoms with van der Waals surface area (Å²) in [5.74, 6) is 0.818. The van der Waals surface area contributed by atoms with Crippen molar-refractivity contribution in [1.82, 2.24) is 25.2 Å². The van der Waals surface area contributed by atoms with Crippen LogP contribution in [0.3, 0.4) is 0 Å². The molecule has 10 nitrogen and oxygen atoms in total. The number of ether oxygens (including phenoxy) is 1. The number of benzene rings is 1. The van der Waals surface area contributed by atoms with Gasteiger partial charge in [-0.25, -0.2) is 9.97 Å². The van der Waals surface area contributed by atoms with Gasteiger partial charge in [-0.05, 0) is 31.2 Å². The first kappa shape index (κ1) is 24.8. The quantitative estimate of drug-likeness (QED) is 0.543. The predicted octanol–water partition coefficient (Wildman–Crippen LogP) is 1.72. The van der Waals surface area contributed by atoms with Gasteiger partial charge in [0.25, 0.3) is 0 Å². The van der Waals surface area contributed by atoms with Gasteiger partial charge in [-0.2, -0.15) is 5.26 Å². The molecule has 0 aliphatic carbocycles. The monoisotopic (exact) mass is 513 g/mol. The van der Waals surface area contributed by atoms with Crippen LogP contribution in [0.1, 0.15) is 12.5 Å². The zero-order valence-corrected chi connectivity index (χ0v) is 22.0. The number of aromatic nitrogens is 3. The molecular formula is C28H35N9O. The Hall–Kier alpha value is -3.52. The SMILES string of the molecule is C[C@@H]1CN(c2ccc(C#N)c3ncccc23)C[C@H](CN2CCN(c3ncc(N4CCNCC4)cn3)CC2)O1. The van der Waals surface area contributed by atoms with Crippen molar-refractivity contribution in [3.05, 3.63) is 48.4 Å². The zero-order chi connectivity index (χ0) is 25.9. The lowest BCUT2D eigenvalue weighted by atomic mass is 10.1. The van der Waals surface area contributed by atoms with E-state index in [1.807, 2.05) is 24.5 Å². The summed E-state index contributed by atoms with van der Waals surface area (Å²) in [5.41, 5.74) is 3.61. The molecule has 0 saturated carbocycles. The molecule has 10 heteroatoms. The van der Waals surface area contributed by atoms with Gasteiger partial charge in [0.15, 0.2) is 0 Å². The number of fused-ring (bicyclic) bond motifs is 1. The van der Waals surface area contributed by atoms with E-state index < -0.39 is 0 Å². The molecule has 3 saturated heterocycles. The third-order valence-electron chi connectivity index (χ3n) is 7.76. The van der Waals surface area contributed by atoms with Gasteiger partial charge in [0.05, 0.1) is 41.4 Å². The van der Waals surface area contributed by atoms with E-state index >= 15 is 0 Å². The van der Waals surface area contributed by atoms with Crippen molar-refractivity contribution in [2.75, 3.05) is 86.7 Å². The van der Waals surface area contributed by atoms with Gasteiger partial charge < -0.3 is 24.8 Å². The normalized spacial score (nSPS) is 23.0. The van der Waals surface area contributed by atoms with Crippen LogP contribution in [-0.4, -0.2) is 104 Å². The van der Waals surface area contributed by atoms with Gasteiger partial charge in [0.1, 0.15) is 6.07 Å². The minimum absolute atomic E-state index is 0.113. The second kappa shape index (κ2) is 11.1. The van der Waals surface area contributed by atoms with E-state index in [2.05, 4.69) is 65.0 Å². The van der Waals surface area contributed by atoms with Crippen molar-refractivity contribution < 1.29 is 4.74 Å². The molecule has 2 atom stereocenters. The number of anilines is 3. The second-order valence-corrected chi connectivity index (χ2v) is 10.4. The van der Waals surface area contributed by atoms with E-state index in [4.69, 9.17) is 4.74 Å². The molecule has 0 radical (unpaired) electrons. The minimum Gasteiger partial charge on any atom is -0.370 e. The molecule has 3 aliphatic rings. The number of piperazine rings is 2. The fraction of sp³-hybridized carbons (Fsp3) is 0.500. The van der Waals surface area contributed by atoms with Gasteiger partial charge in [-0.1, -0.05) is 0 Å². The van der Waals surface area contributed by atoms with E-state index in [9.17, 15) is 5.26 Å².